The van der Waals surface area contributed by atoms with Crippen molar-refractivity contribution < 1.29 is 13.2 Å². The van der Waals surface area contributed by atoms with E-state index in [2.05, 4.69) is 5.32 Å². The summed E-state index contributed by atoms with van der Waals surface area (Å²) in [5, 5.41) is 2.97. The molecular weight excluding hydrogens is 348 g/mol. The van der Waals surface area contributed by atoms with Gasteiger partial charge in [0.1, 0.15) is 6.04 Å². The van der Waals surface area contributed by atoms with Crippen molar-refractivity contribution in [2.45, 2.75) is 43.2 Å². The fraction of sp³-hybridized carbons (Fsp3) is 0.350. The minimum Gasteiger partial charge on any atom is -0.348 e. The van der Waals surface area contributed by atoms with Gasteiger partial charge in [-0.25, -0.2) is 8.42 Å². The van der Waals surface area contributed by atoms with Crippen molar-refractivity contribution in [1.29, 1.82) is 0 Å². The fourth-order valence-corrected chi connectivity index (χ4v) is 4.99. The highest BCUT2D eigenvalue weighted by molar-refractivity contribution is 7.89. The third-order valence-electron chi connectivity index (χ3n) is 4.76. The van der Waals surface area contributed by atoms with Crippen LogP contribution in [0.15, 0.2) is 65.6 Å². The number of nitrogens with zero attached hydrogens (tertiary/aromatic N) is 1. The number of hydrogen-bond acceptors (Lipinski definition) is 3. The van der Waals surface area contributed by atoms with E-state index in [0.29, 0.717) is 13.0 Å². The van der Waals surface area contributed by atoms with Crippen LogP contribution in [-0.4, -0.2) is 31.2 Å². The molecule has 6 heteroatoms. The molecule has 1 amide bonds. The number of benzene rings is 2. The molecule has 2 aromatic rings. The molecule has 1 heterocycles. The van der Waals surface area contributed by atoms with Gasteiger partial charge in [-0.1, -0.05) is 55.0 Å². The molecule has 2 aromatic carbocycles. The van der Waals surface area contributed by atoms with Crippen molar-refractivity contribution in [2.24, 2.45) is 0 Å². The normalized spacial score (nSPS) is 19.7. The van der Waals surface area contributed by atoms with Crippen molar-refractivity contribution >= 4 is 15.9 Å². The molecule has 0 spiro atoms. The maximum Gasteiger partial charge on any atom is 0.243 e. The van der Waals surface area contributed by atoms with Crippen LogP contribution in [0.4, 0.5) is 0 Å². The van der Waals surface area contributed by atoms with Crippen LogP contribution >= 0.6 is 0 Å². The zero-order valence-corrected chi connectivity index (χ0v) is 15.7. The molecule has 5 nitrogen and oxygen atoms in total. The van der Waals surface area contributed by atoms with Crippen LogP contribution in [0.25, 0.3) is 0 Å². The molecular formula is C20H24N2O3S. The molecule has 3 rings (SSSR count). The SMILES string of the molecule is C[C@H](NC(=O)[C@@H]1CCCCN1S(=O)(=O)c1ccccc1)c1ccccc1. The summed E-state index contributed by atoms with van der Waals surface area (Å²) in [7, 11) is -3.68. The number of carbonyl (C=O) groups excluding carboxylic acids is 1. The number of rotatable bonds is 5. The summed E-state index contributed by atoms with van der Waals surface area (Å²) in [6.07, 6.45) is 2.15. The topological polar surface area (TPSA) is 66.5 Å². The van der Waals surface area contributed by atoms with Gasteiger partial charge in [0.05, 0.1) is 10.9 Å². The number of piperidine rings is 1. The van der Waals surface area contributed by atoms with Crippen LogP contribution in [0.5, 0.6) is 0 Å². The average Bonchev–Trinajstić information content (AvgIpc) is 2.69. The average molecular weight is 372 g/mol. The van der Waals surface area contributed by atoms with Crippen LogP contribution in [0.2, 0.25) is 0 Å². The monoisotopic (exact) mass is 372 g/mol. The molecule has 0 aromatic heterocycles. The lowest BCUT2D eigenvalue weighted by molar-refractivity contribution is -0.126. The lowest BCUT2D eigenvalue weighted by Crippen LogP contribution is -2.52. The maximum atomic E-state index is 13.0. The van der Waals surface area contributed by atoms with E-state index < -0.39 is 16.1 Å². The first-order valence-corrected chi connectivity index (χ1v) is 10.4. The van der Waals surface area contributed by atoms with E-state index >= 15 is 0 Å². The molecule has 1 N–H and O–H groups in total. The van der Waals surface area contributed by atoms with Crippen LogP contribution in [0.1, 0.15) is 37.8 Å². The third kappa shape index (κ3) is 3.97. The second kappa shape index (κ2) is 8.01. The van der Waals surface area contributed by atoms with Crippen molar-refractivity contribution in [3.05, 3.63) is 66.2 Å². The first-order valence-electron chi connectivity index (χ1n) is 8.92. The summed E-state index contributed by atoms with van der Waals surface area (Å²) in [6, 6.07) is 17.1. The van der Waals surface area contributed by atoms with Gasteiger partial charge in [-0.3, -0.25) is 4.79 Å². The fourth-order valence-electron chi connectivity index (χ4n) is 3.32. The second-order valence-electron chi connectivity index (χ2n) is 6.58. The van der Waals surface area contributed by atoms with E-state index in [4.69, 9.17) is 0 Å². The van der Waals surface area contributed by atoms with Gasteiger partial charge in [0, 0.05) is 6.54 Å². The van der Waals surface area contributed by atoms with Crippen molar-refractivity contribution in [3.8, 4) is 0 Å². The Morgan fingerprint density at radius 3 is 2.31 bits per heavy atom. The zero-order valence-electron chi connectivity index (χ0n) is 14.8. The quantitative estimate of drug-likeness (QED) is 0.877. The van der Waals surface area contributed by atoms with Gasteiger partial charge >= 0.3 is 0 Å². The second-order valence-corrected chi connectivity index (χ2v) is 8.47. The molecule has 26 heavy (non-hydrogen) atoms. The van der Waals surface area contributed by atoms with Crippen LogP contribution in [-0.2, 0) is 14.8 Å². The van der Waals surface area contributed by atoms with E-state index in [1.165, 1.54) is 4.31 Å². The Bertz CT molecular complexity index is 838. The van der Waals surface area contributed by atoms with Crippen molar-refractivity contribution in [2.75, 3.05) is 6.54 Å². The molecule has 0 radical (unpaired) electrons. The molecule has 0 saturated carbocycles. The molecule has 0 aliphatic carbocycles. The van der Waals surface area contributed by atoms with E-state index in [9.17, 15) is 13.2 Å². The molecule has 2 atom stereocenters. The summed E-state index contributed by atoms with van der Waals surface area (Å²) < 4.78 is 27.4. The van der Waals surface area contributed by atoms with Crippen molar-refractivity contribution in [1.82, 2.24) is 9.62 Å². The minimum absolute atomic E-state index is 0.174. The number of sulfonamides is 1. The van der Waals surface area contributed by atoms with Gasteiger partial charge in [0.25, 0.3) is 0 Å². The molecule has 1 aliphatic rings. The first kappa shape index (κ1) is 18.6. The Morgan fingerprint density at radius 1 is 1.04 bits per heavy atom. The summed E-state index contributed by atoms with van der Waals surface area (Å²) >= 11 is 0. The highest BCUT2D eigenvalue weighted by atomic mass is 32.2. The Labute approximate surface area is 155 Å². The molecule has 1 saturated heterocycles. The van der Waals surface area contributed by atoms with Crippen molar-refractivity contribution in [3.63, 3.8) is 0 Å². The zero-order chi connectivity index (χ0) is 18.6. The summed E-state index contributed by atoms with van der Waals surface area (Å²) in [6.45, 7) is 2.28. The van der Waals surface area contributed by atoms with Gasteiger partial charge in [-0.2, -0.15) is 4.31 Å². The van der Waals surface area contributed by atoms with E-state index in [-0.39, 0.29) is 16.8 Å². The Kier molecular flexibility index (Phi) is 5.74. The smallest absolute Gasteiger partial charge is 0.243 e. The third-order valence-corrected chi connectivity index (χ3v) is 6.69. The molecule has 1 fully saturated rings. The van der Waals surface area contributed by atoms with Gasteiger partial charge in [-0.05, 0) is 37.5 Å². The highest BCUT2D eigenvalue weighted by Gasteiger charge is 2.37. The Morgan fingerprint density at radius 2 is 1.65 bits per heavy atom. The van der Waals surface area contributed by atoms with Gasteiger partial charge < -0.3 is 5.32 Å². The van der Waals surface area contributed by atoms with Gasteiger partial charge in [-0.15, -0.1) is 0 Å². The summed E-state index contributed by atoms with van der Waals surface area (Å²) in [5.74, 6) is -0.236. The van der Waals surface area contributed by atoms with Crippen LogP contribution < -0.4 is 5.32 Å². The highest BCUT2D eigenvalue weighted by Crippen LogP contribution is 2.26. The van der Waals surface area contributed by atoms with Gasteiger partial charge in [0.15, 0.2) is 0 Å². The predicted molar refractivity (Wildman–Crippen MR) is 101 cm³/mol. The van der Waals surface area contributed by atoms with Crippen LogP contribution in [0, 0.1) is 0 Å². The minimum atomic E-state index is -3.68. The Hall–Kier alpha value is -2.18. The lowest BCUT2D eigenvalue weighted by Gasteiger charge is -2.34. The molecule has 138 valence electrons. The molecule has 0 bridgehead atoms. The maximum absolute atomic E-state index is 13.0. The predicted octanol–water partition coefficient (Wildman–Crippen LogP) is 3.11. The van der Waals surface area contributed by atoms with Gasteiger partial charge in [0.2, 0.25) is 15.9 Å². The lowest BCUT2D eigenvalue weighted by atomic mass is 10.0. The largest absolute Gasteiger partial charge is 0.348 e. The first-order chi connectivity index (χ1) is 12.5. The standard InChI is InChI=1S/C20H24N2O3S/c1-16(17-10-4-2-5-11-17)21-20(23)19-14-8-9-15-22(19)26(24,25)18-12-6-3-7-13-18/h2-7,10-13,16,19H,8-9,14-15H2,1H3,(H,21,23)/t16-,19-/m0/s1. The van der Waals surface area contributed by atoms with E-state index in [0.717, 1.165) is 18.4 Å². The number of amides is 1. The summed E-state index contributed by atoms with van der Waals surface area (Å²) in [4.78, 5) is 13.1. The Balaban J connectivity index is 1.79. The van der Waals surface area contributed by atoms with Crippen LogP contribution in [0.3, 0.4) is 0 Å². The molecule has 1 aliphatic heterocycles. The summed E-state index contributed by atoms with van der Waals surface area (Å²) in [5.41, 5.74) is 0.995. The number of carbonyl (C=O) groups is 1. The van der Waals surface area contributed by atoms with E-state index in [1.54, 1.807) is 30.3 Å². The van der Waals surface area contributed by atoms with E-state index in [1.807, 2.05) is 37.3 Å². The number of hydrogen-bond donors (Lipinski definition) is 1. The number of nitrogens with one attached hydrogen (secondary N) is 1. The molecule has 0 unspecified atom stereocenters.